The number of carbonyl (C=O) groups is 1. The van der Waals surface area contributed by atoms with Crippen molar-refractivity contribution >= 4 is 5.78 Å². The van der Waals surface area contributed by atoms with Gasteiger partial charge in [0.2, 0.25) is 0 Å². The Morgan fingerprint density at radius 1 is 1.41 bits per heavy atom. The zero-order valence-corrected chi connectivity index (χ0v) is 10.4. The lowest BCUT2D eigenvalue weighted by molar-refractivity contribution is 0.0910. The van der Waals surface area contributed by atoms with Crippen LogP contribution in [-0.4, -0.2) is 36.4 Å². The summed E-state index contributed by atoms with van der Waals surface area (Å²) < 4.78 is 0. The highest BCUT2D eigenvalue weighted by Gasteiger charge is 2.18. The number of nitrogens with two attached hydrogens (primary N) is 1. The maximum atomic E-state index is 12.1. The number of aryl methyl sites for hydroxylation is 1. The number of benzene rings is 1. The van der Waals surface area contributed by atoms with Gasteiger partial charge >= 0.3 is 0 Å². The van der Waals surface area contributed by atoms with Gasteiger partial charge in [0.05, 0.1) is 6.54 Å². The Morgan fingerprint density at radius 3 is 2.76 bits per heavy atom. The SMILES string of the molecule is Cc1cccc(C(=O)CN2CCC(N)CC2)c1. The quantitative estimate of drug-likeness (QED) is 0.805. The Bertz CT molecular complexity index is 395. The minimum atomic E-state index is 0.212. The number of likely N-dealkylation sites (tertiary alicyclic amines) is 1. The average Bonchev–Trinajstić information content (AvgIpc) is 2.32. The summed E-state index contributed by atoms with van der Waals surface area (Å²) in [6, 6.07) is 8.12. The molecule has 0 atom stereocenters. The van der Waals surface area contributed by atoms with Crippen molar-refractivity contribution in [1.29, 1.82) is 0 Å². The number of nitrogens with zero attached hydrogens (tertiary/aromatic N) is 1. The first-order chi connectivity index (χ1) is 8.15. The highest BCUT2D eigenvalue weighted by Crippen LogP contribution is 2.10. The Morgan fingerprint density at radius 2 is 2.12 bits per heavy atom. The maximum absolute atomic E-state index is 12.1. The molecule has 0 spiro atoms. The van der Waals surface area contributed by atoms with Gasteiger partial charge < -0.3 is 5.73 Å². The topological polar surface area (TPSA) is 46.3 Å². The van der Waals surface area contributed by atoms with Crippen LogP contribution in [0.3, 0.4) is 0 Å². The zero-order chi connectivity index (χ0) is 12.3. The molecule has 0 aromatic heterocycles. The van der Waals surface area contributed by atoms with E-state index in [1.54, 1.807) is 0 Å². The minimum Gasteiger partial charge on any atom is -0.328 e. The van der Waals surface area contributed by atoms with Crippen molar-refractivity contribution in [1.82, 2.24) is 4.90 Å². The van der Waals surface area contributed by atoms with Gasteiger partial charge in [-0.25, -0.2) is 0 Å². The van der Waals surface area contributed by atoms with E-state index in [9.17, 15) is 4.79 Å². The number of rotatable bonds is 3. The van der Waals surface area contributed by atoms with Crippen molar-refractivity contribution in [2.45, 2.75) is 25.8 Å². The van der Waals surface area contributed by atoms with E-state index in [4.69, 9.17) is 5.73 Å². The second-order valence-corrected chi connectivity index (χ2v) is 4.91. The van der Waals surface area contributed by atoms with Crippen LogP contribution in [0.5, 0.6) is 0 Å². The molecule has 92 valence electrons. The first-order valence-electron chi connectivity index (χ1n) is 6.23. The van der Waals surface area contributed by atoms with Crippen molar-refractivity contribution in [3.05, 3.63) is 35.4 Å². The third kappa shape index (κ3) is 3.38. The van der Waals surface area contributed by atoms with Crippen LogP contribution in [0.2, 0.25) is 0 Å². The predicted molar refractivity (Wildman–Crippen MR) is 69.2 cm³/mol. The van der Waals surface area contributed by atoms with E-state index in [-0.39, 0.29) is 5.78 Å². The lowest BCUT2D eigenvalue weighted by Crippen LogP contribution is -2.41. The van der Waals surface area contributed by atoms with E-state index in [0.717, 1.165) is 37.1 Å². The van der Waals surface area contributed by atoms with Gasteiger partial charge in [0.1, 0.15) is 0 Å². The monoisotopic (exact) mass is 232 g/mol. The lowest BCUT2D eigenvalue weighted by atomic mass is 10.0. The molecule has 1 aromatic rings. The highest BCUT2D eigenvalue weighted by molar-refractivity contribution is 5.97. The Balaban J connectivity index is 1.93. The summed E-state index contributed by atoms with van der Waals surface area (Å²) in [5.74, 6) is 0.212. The van der Waals surface area contributed by atoms with Crippen molar-refractivity contribution in [2.75, 3.05) is 19.6 Å². The molecule has 3 nitrogen and oxygen atoms in total. The molecule has 1 aliphatic rings. The second-order valence-electron chi connectivity index (χ2n) is 4.91. The summed E-state index contributed by atoms with van der Waals surface area (Å²) in [5, 5.41) is 0. The molecule has 17 heavy (non-hydrogen) atoms. The van der Waals surface area contributed by atoms with E-state index in [2.05, 4.69) is 4.90 Å². The van der Waals surface area contributed by atoms with Crippen LogP contribution >= 0.6 is 0 Å². The first-order valence-corrected chi connectivity index (χ1v) is 6.23. The Hall–Kier alpha value is -1.19. The van der Waals surface area contributed by atoms with Gasteiger partial charge in [-0.3, -0.25) is 9.69 Å². The van der Waals surface area contributed by atoms with Crippen molar-refractivity contribution in [3.8, 4) is 0 Å². The molecule has 2 rings (SSSR count). The number of Topliss-reactive ketones (excluding diaryl/α,β-unsaturated/α-hetero) is 1. The van der Waals surface area contributed by atoms with Crippen LogP contribution in [0, 0.1) is 6.92 Å². The van der Waals surface area contributed by atoms with Gasteiger partial charge in [-0.05, 0) is 25.8 Å². The second kappa shape index (κ2) is 5.43. The fourth-order valence-corrected chi connectivity index (χ4v) is 2.22. The van der Waals surface area contributed by atoms with Gasteiger partial charge in [-0.2, -0.15) is 0 Å². The van der Waals surface area contributed by atoms with Gasteiger partial charge in [0.15, 0.2) is 5.78 Å². The van der Waals surface area contributed by atoms with Gasteiger partial charge in [0, 0.05) is 24.7 Å². The fraction of sp³-hybridized carbons (Fsp3) is 0.500. The highest BCUT2D eigenvalue weighted by atomic mass is 16.1. The smallest absolute Gasteiger partial charge is 0.176 e. The standard InChI is InChI=1S/C14H20N2O/c1-11-3-2-4-12(9-11)14(17)10-16-7-5-13(15)6-8-16/h2-4,9,13H,5-8,10,15H2,1H3. The molecule has 1 saturated heterocycles. The predicted octanol–water partition coefficient (Wildman–Crippen LogP) is 1.60. The van der Waals surface area contributed by atoms with E-state index in [1.165, 1.54) is 0 Å². The molecule has 0 saturated carbocycles. The van der Waals surface area contributed by atoms with Crippen LogP contribution in [0.25, 0.3) is 0 Å². The maximum Gasteiger partial charge on any atom is 0.176 e. The summed E-state index contributed by atoms with van der Waals surface area (Å²) in [5.41, 5.74) is 7.80. The number of piperidine rings is 1. The largest absolute Gasteiger partial charge is 0.328 e. The molecular weight excluding hydrogens is 212 g/mol. The van der Waals surface area contributed by atoms with E-state index < -0.39 is 0 Å². The van der Waals surface area contributed by atoms with Crippen molar-refractivity contribution in [2.24, 2.45) is 5.73 Å². The van der Waals surface area contributed by atoms with E-state index >= 15 is 0 Å². The molecular formula is C14H20N2O. The normalized spacial score (nSPS) is 18.2. The molecule has 1 heterocycles. The van der Waals surface area contributed by atoms with Gasteiger partial charge in [0.25, 0.3) is 0 Å². The molecule has 0 radical (unpaired) electrons. The molecule has 0 unspecified atom stereocenters. The number of ketones is 1. The zero-order valence-electron chi connectivity index (χ0n) is 10.4. The van der Waals surface area contributed by atoms with Gasteiger partial charge in [-0.1, -0.05) is 23.8 Å². The molecule has 1 fully saturated rings. The minimum absolute atomic E-state index is 0.212. The van der Waals surface area contributed by atoms with Crippen LogP contribution in [0.1, 0.15) is 28.8 Å². The molecule has 2 N–H and O–H groups in total. The molecule has 3 heteroatoms. The van der Waals surface area contributed by atoms with Crippen LogP contribution in [-0.2, 0) is 0 Å². The average molecular weight is 232 g/mol. The Labute approximate surface area is 103 Å². The third-order valence-corrected chi connectivity index (χ3v) is 3.34. The van der Waals surface area contributed by atoms with E-state index in [0.29, 0.717) is 12.6 Å². The fourth-order valence-electron chi connectivity index (χ4n) is 2.22. The molecule has 1 aromatic carbocycles. The Kier molecular flexibility index (Phi) is 3.92. The van der Waals surface area contributed by atoms with Crippen molar-refractivity contribution in [3.63, 3.8) is 0 Å². The number of hydrogen-bond acceptors (Lipinski definition) is 3. The summed E-state index contributed by atoms with van der Waals surface area (Å²) >= 11 is 0. The molecule has 1 aliphatic heterocycles. The number of carbonyl (C=O) groups excluding carboxylic acids is 1. The summed E-state index contributed by atoms with van der Waals surface area (Å²) in [6.45, 7) is 4.42. The van der Waals surface area contributed by atoms with Gasteiger partial charge in [-0.15, -0.1) is 0 Å². The third-order valence-electron chi connectivity index (χ3n) is 3.34. The van der Waals surface area contributed by atoms with E-state index in [1.807, 2.05) is 31.2 Å². The number of hydrogen-bond donors (Lipinski definition) is 1. The summed E-state index contributed by atoms with van der Waals surface area (Å²) in [7, 11) is 0. The molecule has 0 aliphatic carbocycles. The van der Waals surface area contributed by atoms with Crippen LogP contribution in [0.15, 0.2) is 24.3 Å². The first kappa shape index (κ1) is 12.3. The van der Waals surface area contributed by atoms with Crippen LogP contribution < -0.4 is 5.73 Å². The molecule has 0 bridgehead atoms. The summed E-state index contributed by atoms with van der Waals surface area (Å²) in [6.07, 6.45) is 2.00. The van der Waals surface area contributed by atoms with Crippen molar-refractivity contribution < 1.29 is 4.79 Å². The lowest BCUT2D eigenvalue weighted by Gasteiger charge is -2.29. The van der Waals surface area contributed by atoms with Crippen LogP contribution in [0.4, 0.5) is 0 Å². The summed E-state index contributed by atoms with van der Waals surface area (Å²) in [4.78, 5) is 14.3. The molecule has 0 amide bonds.